The maximum atomic E-state index is 9.64. The highest BCUT2D eigenvalue weighted by Gasteiger charge is 2.21. The van der Waals surface area contributed by atoms with E-state index in [2.05, 4.69) is 15.3 Å². The van der Waals surface area contributed by atoms with E-state index >= 15 is 0 Å². The summed E-state index contributed by atoms with van der Waals surface area (Å²) in [5, 5.41) is 12.9. The van der Waals surface area contributed by atoms with E-state index in [9.17, 15) is 5.11 Å². The first-order chi connectivity index (χ1) is 8.24. The molecule has 0 unspecified atom stereocenters. The summed E-state index contributed by atoms with van der Waals surface area (Å²) in [5.74, 6) is 1.27. The standard InChI is InChI=1S/C11H16ClN3O2/c12-10-4-13-5-11(15-10)14-3-9(16)7-17-6-8-1-2-8/h4-5,8-9,16H,1-3,6-7H2,(H,14,15)/t9-/m1/s1. The first-order valence-corrected chi connectivity index (χ1v) is 6.09. The molecular formula is C11H16ClN3O2. The van der Waals surface area contributed by atoms with E-state index in [0.717, 1.165) is 6.61 Å². The van der Waals surface area contributed by atoms with E-state index in [-0.39, 0.29) is 0 Å². The second-order valence-electron chi connectivity index (χ2n) is 4.24. The monoisotopic (exact) mass is 257 g/mol. The summed E-state index contributed by atoms with van der Waals surface area (Å²) in [4.78, 5) is 7.89. The molecule has 0 amide bonds. The van der Waals surface area contributed by atoms with Crippen molar-refractivity contribution in [1.82, 2.24) is 9.97 Å². The minimum Gasteiger partial charge on any atom is -0.389 e. The van der Waals surface area contributed by atoms with Crippen LogP contribution in [0.15, 0.2) is 12.4 Å². The lowest BCUT2D eigenvalue weighted by molar-refractivity contribution is 0.0385. The molecule has 6 heteroatoms. The van der Waals surface area contributed by atoms with Crippen LogP contribution in [0.1, 0.15) is 12.8 Å². The number of ether oxygens (including phenoxy) is 1. The average Bonchev–Trinajstić information content (AvgIpc) is 3.11. The molecule has 0 saturated heterocycles. The van der Waals surface area contributed by atoms with E-state index in [1.54, 1.807) is 6.20 Å². The maximum Gasteiger partial charge on any atom is 0.149 e. The number of halogens is 1. The van der Waals surface area contributed by atoms with E-state index in [1.807, 2.05) is 0 Å². The van der Waals surface area contributed by atoms with Gasteiger partial charge in [-0.1, -0.05) is 11.6 Å². The van der Waals surface area contributed by atoms with Crippen LogP contribution < -0.4 is 5.32 Å². The SMILES string of the molecule is O[C@H](CNc1cncc(Cl)n1)COCC1CC1. The Labute approximate surface area is 105 Å². The summed E-state index contributed by atoms with van der Waals surface area (Å²) in [6.45, 7) is 1.48. The molecular weight excluding hydrogens is 242 g/mol. The molecule has 1 saturated carbocycles. The third-order valence-electron chi connectivity index (χ3n) is 2.48. The first-order valence-electron chi connectivity index (χ1n) is 5.71. The van der Waals surface area contributed by atoms with Crippen molar-refractivity contribution in [1.29, 1.82) is 0 Å². The Hall–Kier alpha value is -0.910. The Morgan fingerprint density at radius 3 is 3.06 bits per heavy atom. The summed E-state index contributed by atoms with van der Waals surface area (Å²) < 4.78 is 5.38. The van der Waals surface area contributed by atoms with Crippen molar-refractivity contribution in [2.24, 2.45) is 5.92 Å². The van der Waals surface area contributed by atoms with Crippen molar-refractivity contribution >= 4 is 17.4 Å². The molecule has 0 radical (unpaired) electrons. The van der Waals surface area contributed by atoms with Crippen molar-refractivity contribution in [2.75, 3.05) is 25.1 Å². The molecule has 1 fully saturated rings. The highest BCUT2D eigenvalue weighted by molar-refractivity contribution is 6.29. The molecule has 1 aliphatic carbocycles. The Balaban J connectivity index is 1.62. The summed E-state index contributed by atoms with van der Waals surface area (Å²) in [5.41, 5.74) is 0. The molecule has 94 valence electrons. The first kappa shape index (κ1) is 12.5. The molecule has 1 aromatic rings. The van der Waals surface area contributed by atoms with Gasteiger partial charge >= 0.3 is 0 Å². The Kier molecular flexibility index (Phi) is 4.53. The number of rotatable bonds is 7. The largest absolute Gasteiger partial charge is 0.389 e. The second-order valence-corrected chi connectivity index (χ2v) is 4.63. The molecule has 0 aromatic carbocycles. The Morgan fingerprint density at radius 1 is 1.53 bits per heavy atom. The van der Waals surface area contributed by atoms with E-state index < -0.39 is 6.10 Å². The van der Waals surface area contributed by atoms with Crippen LogP contribution in [0.2, 0.25) is 5.15 Å². The van der Waals surface area contributed by atoms with Gasteiger partial charge in [0.15, 0.2) is 0 Å². The fourth-order valence-corrected chi connectivity index (χ4v) is 1.51. The zero-order valence-electron chi connectivity index (χ0n) is 9.47. The molecule has 0 spiro atoms. The number of nitrogens with zero attached hydrogens (tertiary/aromatic N) is 2. The van der Waals surface area contributed by atoms with Crippen LogP contribution in [0.4, 0.5) is 5.82 Å². The average molecular weight is 258 g/mol. The van der Waals surface area contributed by atoms with Gasteiger partial charge in [-0.15, -0.1) is 0 Å². The summed E-state index contributed by atoms with van der Waals surface area (Å²) in [6, 6.07) is 0. The van der Waals surface area contributed by atoms with Gasteiger partial charge in [-0.25, -0.2) is 4.98 Å². The third kappa shape index (κ3) is 4.85. The predicted octanol–water partition coefficient (Wildman–Crippen LogP) is 1.33. The Bertz CT molecular complexity index is 360. The zero-order chi connectivity index (χ0) is 12.1. The van der Waals surface area contributed by atoms with Crippen LogP contribution in [0.25, 0.3) is 0 Å². The minimum atomic E-state index is -0.547. The van der Waals surface area contributed by atoms with E-state index in [1.165, 1.54) is 19.0 Å². The molecule has 17 heavy (non-hydrogen) atoms. The molecule has 2 rings (SSSR count). The van der Waals surface area contributed by atoms with Crippen LogP contribution in [-0.2, 0) is 4.74 Å². The van der Waals surface area contributed by atoms with Crippen molar-refractivity contribution in [3.05, 3.63) is 17.5 Å². The molecule has 0 aliphatic heterocycles. The number of hydrogen-bond donors (Lipinski definition) is 2. The number of anilines is 1. The maximum absolute atomic E-state index is 9.64. The summed E-state index contributed by atoms with van der Waals surface area (Å²) >= 11 is 5.68. The van der Waals surface area contributed by atoms with Gasteiger partial charge in [0, 0.05) is 13.2 Å². The number of aliphatic hydroxyl groups is 1. The quantitative estimate of drug-likeness (QED) is 0.771. The number of hydrogen-bond acceptors (Lipinski definition) is 5. The molecule has 1 aromatic heterocycles. The molecule has 1 heterocycles. The summed E-state index contributed by atoms with van der Waals surface area (Å²) in [7, 11) is 0. The molecule has 1 atom stereocenters. The van der Waals surface area contributed by atoms with E-state index in [4.69, 9.17) is 16.3 Å². The lowest BCUT2D eigenvalue weighted by atomic mass is 10.3. The van der Waals surface area contributed by atoms with Crippen molar-refractivity contribution in [2.45, 2.75) is 18.9 Å². The van der Waals surface area contributed by atoms with Crippen molar-refractivity contribution in [3.8, 4) is 0 Å². The highest BCUT2D eigenvalue weighted by atomic mass is 35.5. The molecule has 2 N–H and O–H groups in total. The summed E-state index contributed by atoms with van der Waals surface area (Å²) in [6.07, 6.45) is 4.99. The van der Waals surface area contributed by atoms with Gasteiger partial charge < -0.3 is 15.2 Å². The topological polar surface area (TPSA) is 67.3 Å². The van der Waals surface area contributed by atoms with Gasteiger partial charge in [0.1, 0.15) is 11.0 Å². The fourth-order valence-electron chi connectivity index (χ4n) is 1.36. The van der Waals surface area contributed by atoms with Gasteiger partial charge in [0.05, 0.1) is 25.1 Å². The lowest BCUT2D eigenvalue weighted by Crippen LogP contribution is -2.25. The molecule has 1 aliphatic rings. The number of aliphatic hydroxyl groups excluding tert-OH is 1. The van der Waals surface area contributed by atoms with Gasteiger partial charge in [-0.3, -0.25) is 4.98 Å². The van der Waals surface area contributed by atoms with Crippen LogP contribution in [0, 0.1) is 5.92 Å². The van der Waals surface area contributed by atoms with Crippen LogP contribution in [0.3, 0.4) is 0 Å². The molecule has 0 bridgehead atoms. The minimum absolute atomic E-state index is 0.328. The van der Waals surface area contributed by atoms with Crippen LogP contribution in [0.5, 0.6) is 0 Å². The van der Waals surface area contributed by atoms with Crippen LogP contribution >= 0.6 is 11.6 Å². The van der Waals surface area contributed by atoms with Crippen molar-refractivity contribution in [3.63, 3.8) is 0 Å². The third-order valence-corrected chi connectivity index (χ3v) is 2.67. The zero-order valence-corrected chi connectivity index (χ0v) is 10.2. The van der Waals surface area contributed by atoms with Gasteiger partial charge in [-0.2, -0.15) is 0 Å². The molecule has 5 nitrogen and oxygen atoms in total. The second kappa shape index (κ2) is 6.14. The number of nitrogens with one attached hydrogen (secondary N) is 1. The lowest BCUT2D eigenvalue weighted by Gasteiger charge is -2.12. The van der Waals surface area contributed by atoms with Gasteiger partial charge in [-0.05, 0) is 18.8 Å². The van der Waals surface area contributed by atoms with Gasteiger partial charge in [0.2, 0.25) is 0 Å². The fraction of sp³-hybridized carbons (Fsp3) is 0.636. The van der Waals surface area contributed by atoms with Crippen LogP contribution in [-0.4, -0.2) is 40.9 Å². The Morgan fingerprint density at radius 2 is 2.35 bits per heavy atom. The van der Waals surface area contributed by atoms with Gasteiger partial charge in [0.25, 0.3) is 0 Å². The smallest absolute Gasteiger partial charge is 0.149 e. The predicted molar refractivity (Wildman–Crippen MR) is 65.1 cm³/mol. The van der Waals surface area contributed by atoms with E-state index in [0.29, 0.717) is 30.0 Å². The normalized spacial score (nSPS) is 16.8. The number of aromatic nitrogens is 2. The van der Waals surface area contributed by atoms with Crippen molar-refractivity contribution < 1.29 is 9.84 Å². The highest BCUT2D eigenvalue weighted by Crippen LogP contribution is 2.28.